The van der Waals surface area contributed by atoms with Crippen LogP contribution >= 0.6 is 12.6 Å². The van der Waals surface area contributed by atoms with E-state index in [2.05, 4.69) is 12.6 Å². The van der Waals surface area contributed by atoms with Crippen molar-refractivity contribution in [3.05, 3.63) is 11.3 Å². The van der Waals surface area contributed by atoms with Gasteiger partial charge in [-0.15, -0.1) is 0 Å². The zero-order valence-corrected chi connectivity index (χ0v) is 9.94. The molecule has 17 heavy (non-hydrogen) atoms. The molecule has 1 aliphatic heterocycles. The molecule has 0 aliphatic carbocycles. The van der Waals surface area contributed by atoms with Crippen molar-refractivity contribution in [3.8, 4) is 18.2 Å². The minimum Gasteiger partial charge on any atom is -0.313 e. The Balaban J connectivity index is 3.08. The van der Waals surface area contributed by atoms with E-state index in [4.69, 9.17) is 15.8 Å². The zero-order valence-electron chi connectivity index (χ0n) is 9.05. The van der Waals surface area contributed by atoms with E-state index in [0.717, 1.165) is 0 Å². The fourth-order valence-corrected chi connectivity index (χ4v) is 1.96. The maximum Gasteiger partial charge on any atom is 0.227 e. The number of amides is 1. The van der Waals surface area contributed by atoms with Crippen LogP contribution in [-0.2, 0) is 4.79 Å². The monoisotopic (exact) mass is 246 g/mol. The molecule has 0 aromatic carbocycles. The topological polar surface area (TPSA) is 91.7 Å². The number of likely N-dealkylation sites (tertiary alicyclic amines) is 1. The Labute approximate surface area is 105 Å². The SMILES string of the molecule is N#CCC(=C(C#N)C#N)N1CC(CS)CC1=O. The van der Waals surface area contributed by atoms with Gasteiger partial charge >= 0.3 is 0 Å². The van der Waals surface area contributed by atoms with E-state index in [0.29, 0.717) is 18.7 Å². The summed E-state index contributed by atoms with van der Waals surface area (Å²) in [4.78, 5) is 13.1. The lowest BCUT2D eigenvalue weighted by Crippen LogP contribution is -2.25. The second-order valence-corrected chi connectivity index (χ2v) is 4.00. The van der Waals surface area contributed by atoms with Crippen LogP contribution in [0.25, 0.3) is 0 Å². The summed E-state index contributed by atoms with van der Waals surface area (Å²) in [5, 5.41) is 26.3. The Morgan fingerprint density at radius 2 is 2.06 bits per heavy atom. The first-order valence-corrected chi connectivity index (χ1v) is 5.62. The average molecular weight is 246 g/mol. The van der Waals surface area contributed by atoms with Crippen molar-refractivity contribution in [3.63, 3.8) is 0 Å². The van der Waals surface area contributed by atoms with Gasteiger partial charge in [-0.3, -0.25) is 4.79 Å². The number of thiol groups is 1. The number of nitrogens with zero attached hydrogens (tertiary/aromatic N) is 4. The molecule has 0 bridgehead atoms. The van der Waals surface area contributed by atoms with Crippen molar-refractivity contribution in [2.45, 2.75) is 12.8 Å². The van der Waals surface area contributed by atoms with E-state index in [9.17, 15) is 4.79 Å². The van der Waals surface area contributed by atoms with Gasteiger partial charge in [0.1, 0.15) is 17.7 Å². The van der Waals surface area contributed by atoms with Crippen LogP contribution in [0.3, 0.4) is 0 Å². The third kappa shape index (κ3) is 2.78. The Morgan fingerprint density at radius 1 is 1.41 bits per heavy atom. The Hall–Kier alpha value is -1.97. The van der Waals surface area contributed by atoms with Crippen molar-refractivity contribution in [2.24, 2.45) is 5.92 Å². The Kier molecular flexibility index (Phi) is 4.57. The molecule has 0 saturated carbocycles. The normalized spacial score (nSPS) is 18.1. The van der Waals surface area contributed by atoms with E-state index in [1.54, 1.807) is 12.1 Å². The summed E-state index contributed by atoms with van der Waals surface area (Å²) in [6, 6.07) is 5.32. The van der Waals surface area contributed by atoms with Crippen LogP contribution in [0.15, 0.2) is 11.3 Å². The van der Waals surface area contributed by atoms with Crippen LogP contribution < -0.4 is 0 Å². The minimum absolute atomic E-state index is 0.109. The molecule has 0 N–H and O–H groups in total. The Bertz CT molecular complexity index is 461. The van der Waals surface area contributed by atoms with Gasteiger partial charge in [-0.05, 0) is 11.7 Å². The van der Waals surface area contributed by atoms with Crippen molar-refractivity contribution in [2.75, 3.05) is 12.3 Å². The van der Waals surface area contributed by atoms with Gasteiger partial charge in [0.05, 0.1) is 18.2 Å². The van der Waals surface area contributed by atoms with Crippen LogP contribution in [0.2, 0.25) is 0 Å². The van der Waals surface area contributed by atoms with Crippen molar-refractivity contribution < 1.29 is 4.79 Å². The smallest absolute Gasteiger partial charge is 0.227 e. The number of nitriles is 3. The van der Waals surface area contributed by atoms with E-state index in [1.807, 2.05) is 6.07 Å². The molecular formula is C11H10N4OS. The largest absolute Gasteiger partial charge is 0.313 e. The third-order valence-electron chi connectivity index (χ3n) is 2.55. The van der Waals surface area contributed by atoms with E-state index >= 15 is 0 Å². The number of hydrogen-bond acceptors (Lipinski definition) is 5. The zero-order chi connectivity index (χ0) is 12.8. The second kappa shape index (κ2) is 5.94. The van der Waals surface area contributed by atoms with Crippen LogP contribution in [0.5, 0.6) is 0 Å². The molecule has 0 spiro atoms. The summed E-state index contributed by atoms with van der Waals surface area (Å²) in [6.45, 7) is 0.423. The molecule has 1 fully saturated rings. The number of allylic oxidation sites excluding steroid dienone is 2. The molecule has 1 rings (SSSR count). The van der Waals surface area contributed by atoms with Crippen molar-refractivity contribution in [1.82, 2.24) is 4.90 Å². The van der Waals surface area contributed by atoms with Gasteiger partial charge in [0.25, 0.3) is 0 Å². The van der Waals surface area contributed by atoms with Crippen LogP contribution in [0.4, 0.5) is 0 Å². The summed E-state index contributed by atoms with van der Waals surface area (Å²) < 4.78 is 0. The highest BCUT2D eigenvalue weighted by Crippen LogP contribution is 2.25. The van der Waals surface area contributed by atoms with Gasteiger partial charge in [-0.1, -0.05) is 0 Å². The summed E-state index contributed by atoms with van der Waals surface area (Å²) in [7, 11) is 0. The van der Waals surface area contributed by atoms with Crippen LogP contribution in [0, 0.1) is 39.9 Å². The fourth-order valence-electron chi connectivity index (χ4n) is 1.71. The first-order valence-electron chi connectivity index (χ1n) is 4.99. The molecule has 5 nitrogen and oxygen atoms in total. The average Bonchev–Trinajstić information content (AvgIpc) is 2.71. The molecule has 0 aromatic rings. The number of hydrogen-bond donors (Lipinski definition) is 1. The first-order chi connectivity index (χ1) is 8.17. The first kappa shape index (κ1) is 13.1. The molecule has 6 heteroatoms. The molecule has 1 unspecified atom stereocenters. The molecule has 1 aliphatic rings. The molecule has 0 radical (unpaired) electrons. The number of carbonyl (C=O) groups excluding carboxylic acids is 1. The molecular weight excluding hydrogens is 236 g/mol. The van der Waals surface area contributed by atoms with Gasteiger partial charge in [-0.25, -0.2) is 0 Å². The third-order valence-corrected chi connectivity index (χ3v) is 3.06. The highest BCUT2D eigenvalue weighted by Gasteiger charge is 2.32. The lowest BCUT2D eigenvalue weighted by molar-refractivity contribution is -0.126. The van der Waals surface area contributed by atoms with Crippen LogP contribution in [-0.4, -0.2) is 23.1 Å². The molecule has 86 valence electrons. The maximum atomic E-state index is 11.7. The lowest BCUT2D eigenvalue weighted by atomic mass is 10.1. The van der Waals surface area contributed by atoms with E-state index in [1.165, 1.54) is 4.90 Å². The number of rotatable bonds is 3. The molecule has 0 aromatic heterocycles. The maximum absolute atomic E-state index is 11.7. The Morgan fingerprint density at radius 3 is 2.47 bits per heavy atom. The lowest BCUT2D eigenvalue weighted by Gasteiger charge is -2.18. The summed E-state index contributed by atoms with van der Waals surface area (Å²) in [5.74, 6) is 0.520. The summed E-state index contributed by atoms with van der Waals surface area (Å²) in [6.07, 6.45) is 0.240. The molecule has 1 atom stereocenters. The van der Waals surface area contributed by atoms with E-state index < -0.39 is 0 Å². The van der Waals surface area contributed by atoms with Gasteiger partial charge < -0.3 is 4.90 Å². The van der Waals surface area contributed by atoms with Gasteiger partial charge in [-0.2, -0.15) is 28.4 Å². The van der Waals surface area contributed by atoms with Crippen molar-refractivity contribution in [1.29, 1.82) is 15.8 Å². The minimum atomic E-state index is -0.167. The van der Waals surface area contributed by atoms with Crippen molar-refractivity contribution >= 4 is 18.5 Å². The van der Waals surface area contributed by atoms with Gasteiger partial charge in [0.2, 0.25) is 5.91 Å². The predicted octanol–water partition coefficient (Wildman–Crippen LogP) is 0.980. The van der Waals surface area contributed by atoms with E-state index in [-0.39, 0.29) is 29.5 Å². The van der Waals surface area contributed by atoms with Gasteiger partial charge in [0, 0.05) is 13.0 Å². The molecule has 1 heterocycles. The van der Waals surface area contributed by atoms with Gasteiger partial charge in [0.15, 0.2) is 0 Å². The fraction of sp³-hybridized carbons (Fsp3) is 0.455. The highest BCUT2D eigenvalue weighted by molar-refractivity contribution is 7.80. The standard InChI is InChI=1S/C11H10N4OS/c12-2-1-10(9(4-13)5-14)15-6-8(7-17)3-11(15)16/h8,17H,1,3,6-7H2. The quantitative estimate of drug-likeness (QED) is 0.593. The summed E-state index contributed by atoms with van der Waals surface area (Å²) >= 11 is 4.13. The second-order valence-electron chi connectivity index (χ2n) is 3.64. The summed E-state index contributed by atoms with van der Waals surface area (Å²) in [5.41, 5.74) is 0.0477. The predicted molar refractivity (Wildman–Crippen MR) is 62.2 cm³/mol. The highest BCUT2D eigenvalue weighted by atomic mass is 32.1. The molecule has 1 saturated heterocycles. The van der Waals surface area contributed by atoms with Crippen LogP contribution in [0.1, 0.15) is 12.8 Å². The molecule has 1 amide bonds. The number of carbonyl (C=O) groups is 1.